The Morgan fingerprint density at radius 1 is 0.880 bits per heavy atom. The van der Waals surface area contributed by atoms with Crippen molar-refractivity contribution in [2.24, 2.45) is 0 Å². The topological polar surface area (TPSA) is 62.5 Å². The molecule has 0 amide bonds. The van der Waals surface area contributed by atoms with E-state index in [1.165, 1.54) is 12.4 Å². The SMILES string of the molecule is FC(F)(F)c1cccc(N2CCN(c3ccc4nncn4n3)CC2)n1. The summed E-state index contributed by atoms with van der Waals surface area (Å²) in [4.78, 5) is 7.67. The number of alkyl halides is 3. The summed E-state index contributed by atoms with van der Waals surface area (Å²) in [5.74, 6) is 1.13. The molecule has 0 aliphatic carbocycles. The molecule has 0 bridgehead atoms. The van der Waals surface area contributed by atoms with Crippen molar-refractivity contribution >= 4 is 17.3 Å². The number of pyridine rings is 1. The largest absolute Gasteiger partial charge is 0.433 e. The third-order valence-electron chi connectivity index (χ3n) is 4.10. The summed E-state index contributed by atoms with van der Waals surface area (Å²) < 4.78 is 40.0. The van der Waals surface area contributed by atoms with E-state index in [1.807, 2.05) is 17.0 Å². The van der Waals surface area contributed by atoms with Gasteiger partial charge in [-0.15, -0.1) is 15.3 Å². The molecule has 3 aromatic rings. The van der Waals surface area contributed by atoms with Gasteiger partial charge in [-0.1, -0.05) is 6.07 Å². The molecule has 10 heteroatoms. The van der Waals surface area contributed by atoms with Gasteiger partial charge in [0.25, 0.3) is 0 Å². The van der Waals surface area contributed by atoms with Crippen LogP contribution in [0.2, 0.25) is 0 Å². The van der Waals surface area contributed by atoms with E-state index in [4.69, 9.17) is 0 Å². The van der Waals surface area contributed by atoms with Crippen molar-refractivity contribution in [2.75, 3.05) is 36.0 Å². The Kier molecular flexibility index (Phi) is 3.66. The Labute approximate surface area is 140 Å². The molecule has 0 radical (unpaired) electrons. The Hall–Kier alpha value is -2.91. The maximum atomic E-state index is 12.8. The molecule has 0 N–H and O–H groups in total. The molecule has 0 unspecified atom stereocenters. The first kappa shape index (κ1) is 15.6. The average molecular weight is 349 g/mol. The second-order valence-electron chi connectivity index (χ2n) is 5.68. The summed E-state index contributed by atoms with van der Waals surface area (Å²) >= 11 is 0. The van der Waals surface area contributed by atoms with Gasteiger partial charge in [0.2, 0.25) is 0 Å². The van der Waals surface area contributed by atoms with Crippen molar-refractivity contribution in [1.29, 1.82) is 0 Å². The lowest BCUT2D eigenvalue weighted by Gasteiger charge is -2.36. The minimum Gasteiger partial charge on any atom is -0.353 e. The molecule has 0 atom stereocenters. The zero-order valence-electron chi connectivity index (χ0n) is 13.1. The molecule has 4 heterocycles. The van der Waals surface area contributed by atoms with E-state index in [0.717, 1.165) is 11.9 Å². The second-order valence-corrected chi connectivity index (χ2v) is 5.68. The lowest BCUT2D eigenvalue weighted by atomic mass is 10.2. The third kappa shape index (κ3) is 3.06. The van der Waals surface area contributed by atoms with E-state index >= 15 is 0 Å². The van der Waals surface area contributed by atoms with Crippen LogP contribution in [0.3, 0.4) is 0 Å². The molecule has 130 valence electrons. The number of nitrogens with zero attached hydrogens (tertiary/aromatic N) is 7. The number of halogens is 3. The maximum Gasteiger partial charge on any atom is 0.433 e. The number of hydrogen-bond donors (Lipinski definition) is 0. The quantitative estimate of drug-likeness (QED) is 0.704. The van der Waals surface area contributed by atoms with Crippen molar-refractivity contribution in [3.05, 3.63) is 42.4 Å². The Morgan fingerprint density at radius 2 is 1.60 bits per heavy atom. The van der Waals surface area contributed by atoms with Gasteiger partial charge in [0.1, 0.15) is 23.7 Å². The van der Waals surface area contributed by atoms with Crippen LogP contribution in [0.4, 0.5) is 24.8 Å². The predicted molar refractivity (Wildman–Crippen MR) is 84.4 cm³/mol. The van der Waals surface area contributed by atoms with E-state index in [1.54, 1.807) is 10.6 Å². The molecular weight excluding hydrogens is 335 g/mol. The molecule has 0 saturated carbocycles. The molecule has 25 heavy (non-hydrogen) atoms. The van der Waals surface area contributed by atoms with Gasteiger partial charge in [-0.25, -0.2) is 4.98 Å². The summed E-state index contributed by atoms with van der Waals surface area (Å²) in [7, 11) is 0. The van der Waals surface area contributed by atoms with Crippen LogP contribution in [0.15, 0.2) is 36.7 Å². The normalized spacial score (nSPS) is 15.8. The third-order valence-corrected chi connectivity index (χ3v) is 4.10. The van der Waals surface area contributed by atoms with E-state index in [-0.39, 0.29) is 0 Å². The molecule has 7 nitrogen and oxygen atoms in total. The highest BCUT2D eigenvalue weighted by molar-refractivity contribution is 5.48. The maximum absolute atomic E-state index is 12.8. The number of fused-ring (bicyclic) bond motifs is 1. The number of piperazine rings is 1. The summed E-state index contributed by atoms with van der Waals surface area (Å²) in [6.07, 6.45) is -2.91. The zero-order chi connectivity index (χ0) is 17.4. The Balaban J connectivity index is 1.48. The number of aromatic nitrogens is 5. The van der Waals surface area contributed by atoms with Gasteiger partial charge in [-0.2, -0.15) is 17.7 Å². The first-order chi connectivity index (χ1) is 12.0. The first-order valence-corrected chi connectivity index (χ1v) is 7.72. The summed E-state index contributed by atoms with van der Waals surface area (Å²) in [6.45, 7) is 2.41. The highest BCUT2D eigenvalue weighted by Gasteiger charge is 2.33. The van der Waals surface area contributed by atoms with Gasteiger partial charge in [0.05, 0.1) is 0 Å². The van der Waals surface area contributed by atoms with Crippen LogP contribution in [0.25, 0.3) is 5.65 Å². The monoisotopic (exact) mass is 349 g/mol. The van der Waals surface area contributed by atoms with Crippen LogP contribution in [0.1, 0.15) is 5.69 Å². The van der Waals surface area contributed by atoms with E-state index < -0.39 is 11.9 Å². The number of rotatable bonds is 2. The first-order valence-electron chi connectivity index (χ1n) is 7.72. The van der Waals surface area contributed by atoms with Gasteiger partial charge in [0.15, 0.2) is 5.65 Å². The molecule has 1 fully saturated rings. The fraction of sp³-hybridized carbons (Fsp3) is 0.333. The molecule has 0 aromatic carbocycles. The summed E-state index contributed by atoms with van der Waals surface area (Å²) in [5, 5.41) is 12.1. The van der Waals surface area contributed by atoms with Gasteiger partial charge in [-0.05, 0) is 24.3 Å². The summed E-state index contributed by atoms with van der Waals surface area (Å²) in [6, 6.07) is 7.67. The van der Waals surface area contributed by atoms with Crippen LogP contribution in [-0.2, 0) is 6.18 Å². The molecule has 1 saturated heterocycles. The number of anilines is 2. The van der Waals surface area contributed by atoms with Crippen LogP contribution in [0.5, 0.6) is 0 Å². The van der Waals surface area contributed by atoms with E-state index in [2.05, 4.69) is 25.2 Å². The van der Waals surface area contributed by atoms with Crippen molar-refractivity contribution < 1.29 is 13.2 Å². The Morgan fingerprint density at radius 3 is 2.32 bits per heavy atom. The van der Waals surface area contributed by atoms with Gasteiger partial charge >= 0.3 is 6.18 Å². The molecular formula is C15H14F3N7. The summed E-state index contributed by atoms with van der Waals surface area (Å²) in [5.41, 5.74) is -0.206. The standard InChI is InChI=1S/C15H14F3N7/c16-15(17,18)11-2-1-3-12(20-11)23-6-8-24(9-7-23)14-5-4-13-21-19-10-25(13)22-14/h1-5,10H,6-9H2. The molecule has 1 aliphatic heterocycles. The highest BCUT2D eigenvalue weighted by Crippen LogP contribution is 2.29. The van der Waals surface area contributed by atoms with Crippen molar-refractivity contribution in [1.82, 2.24) is 24.8 Å². The minimum atomic E-state index is -4.43. The van der Waals surface area contributed by atoms with Crippen molar-refractivity contribution in [3.63, 3.8) is 0 Å². The van der Waals surface area contributed by atoms with Crippen molar-refractivity contribution in [2.45, 2.75) is 6.18 Å². The van der Waals surface area contributed by atoms with E-state index in [0.29, 0.717) is 37.6 Å². The highest BCUT2D eigenvalue weighted by atomic mass is 19.4. The van der Waals surface area contributed by atoms with Crippen LogP contribution in [-0.4, -0.2) is 51.0 Å². The minimum absolute atomic E-state index is 0.344. The van der Waals surface area contributed by atoms with Crippen molar-refractivity contribution in [3.8, 4) is 0 Å². The van der Waals surface area contributed by atoms with Gasteiger partial charge in [0, 0.05) is 26.2 Å². The predicted octanol–water partition coefficient (Wildman–Crippen LogP) is 1.86. The zero-order valence-corrected chi connectivity index (χ0v) is 13.1. The lowest BCUT2D eigenvalue weighted by molar-refractivity contribution is -0.141. The Bertz CT molecular complexity index is 884. The second kappa shape index (κ2) is 5.87. The average Bonchev–Trinajstić information content (AvgIpc) is 3.09. The lowest BCUT2D eigenvalue weighted by Crippen LogP contribution is -2.47. The smallest absolute Gasteiger partial charge is 0.353 e. The fourth-order valence-electron chi connectivity index (χ4n) is 2.81. The molecule has 0 spiro atoms. The van der Waals surface area contributed by atoms with E-state index in [9.17, 15) is 13.2 Å². The van der Waals surface area contributed by atoms with Gasteiger partial charge < -0.3 is 9.80 Å². The van der Waals surface area contributed by atoms with Crippen LogP contribution >= 0.6 is 0 Å². The molecule has 1 aliphatic rings. The molecule has 4 rings (SSSR count). The number of hydrogen-bond acceptors (Lipinski definition) is 6. The fourth-order valence-corrected chi connectivity index (χ4v) is 2.81. The molecule has 3 aromatic heterocycles. The van der Waals surface area contributed by atoms with Gasteiger partial charge in [-0.3, -0.25) is 0 Å². The van der Waals surface area contributed by atoms with Crippen LogP contribution in [0, 0.1) is 0 Å². The van der Waals surface area contributed by atoms with Crippen LogP contribution < -0.4 is 9.80 Å².